The predicted molar refractivity (Wildman–Crippen MR) is 75.1 cm³/mol. The van der Waals surface area contributed by atoms with E-state index in [0.29, 0.717) is 12.2 Å². The molecule has 20 heavy (non-hydrogen) atoms. The van der Waals surface area contributed by atoms with Crippen molar-refractivity contribution in [2.75, 3.05) is 18.4 Å². The molecule has 0 aliphatic rings. The van der Waals surface area contributed by atoms with Crippen LogP contribution in [0.5, 0.6) is 0 Å². The van der Waals surface area contributed by atoms with E-state index in [4.69, 9.17) is 5.11 Å². The fourth-order valence-electron chi connectivity index (χ4n) is 1.85. The second-order valence-corrected chi connectivity index (χ2v) is 5.30. The number of nitrogens with one attached hydrogen (secondary N) is 2. The summed E-state index contributed by atoms with van der Waals surface area (Å²) in [6.07, 6.45) is 0. The normalized spacial score (nSPS) is 11.2. The molecule has 1 heterocycles. The van der Waals surface area contributed by atoms with Gasteiger partial charge in [0.2, 0.25) is 0 Å². The molecule has 1 aromatic heterocycles. The summed E-state index contributed by atoms with van der Waals surface area (Å²) in [7, 11) is 0. The van der Waals surface area contributed by atoms with Crippen LogP contribution in [0.15, 0.2) is 6.07 Å². The summed E-state index contributed by atoms with van der Waals surface area (Å²) < 4.78 is 0. The number of aliphatic hydroxyl groups is 1. The molecule has 0 bridgehead atoms. The van der Waals surface area contributed by atoms with Gasteiger partial charge in [-0.3, -0.25) is 0 Å². The van der Waals surface area contributed by atoms with Crippen LogP contribution in [0.1, 0.15) is 37.0 Å². The minimum absolute atomic E-state index is 0.0600. The molecule has 112 valence electrons. The molecule has 0 spiro atoms. The Kier molecular flexibility index (Phi) is 4.78. The van der Waals surface area contributed by atoms with Gasteiger partial charge >= 0.3 is 12.0 Å². The lowest BCUT2D eigenvalue weighted by Gasteiger charge is -2.28. The summed E-state index contributed by atoms with van der Waals surface area (Å²) in [4.78, 5) is 27.2. The Hall–Kier alpha value is -2.02. The molecule has 0 aliphatic heterocycles. The van der Waals surface area contributed by atoms with Crippen LogP contribution in [0.2, 0.25) is 0 Å². The van der Waals surface area contributed by atoms with Gasteiger partial charge in [0.15, 0.2) is 0 Å². The number of anilines is 1. The number of carboxylic acids is 1. The molecule has 0 atom stereocenters. The van der Waals surface area contributed by atoms with Crippen molar-refractivity contribution in [1.29, 1.82) is 0 Å². The number of carbonyl (C=O) groups is 2. The molecule has 0 radical (unpaired) electrons. The van der Waals surface area contributed by atoms with Gasteiger partial charge in [0.25, 0.3) is 0 Å². The van der Waals surface area contributed by atoms with E-state index in [1.165, 1.54) is 4.90 Å². The molecule has 0 fully saturated rings. The van der Waals surface area contributed by atoms with E-state index in [2.05, 4.69) is 10.3 Å². The van der Waals surface area contributed by atoms with Crippen molar-refractivity contribution >= 4 is 17.7 Å². The molecule has 1 aromatic rings. The van der Waals surface area contributed by atoms with Gasteiger partial charge < -0.3 is 25.4 Å². The largest absolute Gasteiger partial charge is 0.477 e. The number of nitrogens with zero attached hydrogens (tertiary/aromatic N) is 1. The number of aryl methyl sites for hydroxylation is 1. The molecule has 7 nitrogen and oxygen atoms in total. The number of carboxylic acid groups (broad SMARTS) is 1. The van der Waals surface area contributed by atoms with Crippen molar-refractivity contribution in [3.8, 4) is 0 Å². The molecule has 1 rings (SSSR count). The maximum atomic E-state index is 12.1. The number of H-pyrrole nitrogens is 1. The highest BCUT2D eigenvalue weighted by molar-refractivity contribution is 5.99. The van der Waals surface area contributed by atoms with Crippen molar-refractivity contribution in [3.63, 3.8) is 0 Å². The fourth-order valence-corrected chi connectivity index (χ4v) is 1.85. The summed E-state index contributed by atoms with van der Waals surface area (Å²) in [5, 5.41) is 21.3. The van der Waals surface area contributed by atoms with Crippen LogP contribution in [0.25, 0.3) is 0 Å². The second kappa shape index (κ2) is 5.96. The summed E-state index contributed by atoms with van der Waals surface area (Å²) in [6, 6.07) is 1.11. The van der Waals surface area contributed by atoms with Crippen molar-refractivity contribution in [2.45, 2.75) is 33.3 Å². The van der Waals surface area contributed by atoms with Crippen molar-refractivity contribution in [3.05, 3.63) is 17.5 Å². The van der Waals surface area contributed by atoms with Gasteiger partial charge in [0, 0.05) is 12.2 Å². The summed E-state index contributed by atoms with van der Waals surface area (Å²) in [5.74, 6) is -1.14. The zero-order valence-electron chi connectivity index (χ0n) is 12.1. The van der Waals surface area contributed by atoms with Gasteiger partial charge in [0.1, 0.15) is 5.69 Å². The third-order valence-electron chi connectivity index (χ3n) is 2.65. The number of likely N-dealkylation sites (N-methyl/N-ethyl adjacent to an activating group) is 1. The number of amides is 2. The van der Waals surface area contributed by atoms with Gasteiger partial charge in [0.05, 0.1) is 17.8 Å². The Bertz CT molecular complexity index is 502. The second-order valence-electron chi connectivity index (χ2n) is 5.30. The van der Waals surface area contributed by atoms with E-state index in [9.17, 15) is 14.7 Å². The average molecular weight is 283 g/mol. The van der Waals surface area contributed by atoms with Crippen LogP contribution in [-0.2, 0) is 0 Å². The first-order valence-electron chi connectivity index (χ1n) is 6.35. The smallest absolute Gasteiger partial charge is 0.354 e. The molecule has 0 unspecified atom stereocenters. The zero-order valence-corrected chi connectivity index (χ0v) is 12.1. The standard InChI is InChI=1S/C13H21N3O4/c1-5-16(7-13(3,4)20)12(19)15-9-6-8(2)14-10(9)11(17)18/h6,14,20H,5,7H2,1-4H3,(H,15,19)(H,17,18). The number of urea groups is 1. The Morgan fingerprint density at radius 3 is 2.50 bits per heavy atom. The molecule has 2 amide bonds. The van der Waals surface area contributed by atoms with Crippen LogP contribution in [-0.4, -0.2) is 50.8 Å². The highest BCUT2D eigenvalue weighted by Gasteiger charge is 2.23. The molecule has 0 saturated carbocycles. The van der Waals surface area contributed by atoms with Crippen molar-refractivity contribution in [2.24, 2.45) is 0 Å². The first-order chi connectivity index (χ1) is 9.14. The van der Waals surface area contributed by atoms with E-state index in [-0.39, 0.29) is 17.9 Å². The molecule has 0 saturated heterocycles. The number of carbonyl (C=O) groups excluding carboxylic acids is 1. The van der Waals surface area contributed by atoms with Gasteiger partial charge in [-0.1, -0.05) is 0 Å². The van der Waals surface area contributed by atoms with E-state index in [1.54, 1.807) is 33.8 Å². The average Bonchev–Trinajstić information content (AvgIpc) is 2.66. The quantitative estimate of drug-likeness (QED) is 0.659. The van der Waals surface area contributed by atoms with Crippen LogP contribution in [0.4, 0.5) is 10.5 Å². The Balaban J connectivity index is 2.86. The van der Waals surface area contributed by atoms with Gasteiger partial charge in [-0.25, -0.2) is 9.59 Å². The van der Waals surface area contributed by atoms with Gasteiger partial charge in [-0.2, -0.15) is 0 Å². The molecular formula is C13H21N3O4. The Morgan fingerprint density at radius 2 is 2.05 bits per heavy atom. The zero-order chi connectivity index (χ0) is 15.5. The fraction of sp³-hybridized carbons (Fsp3) is 0.538. The maximum Gasteiger partial charge on any atom is 0.354 e. The number of aromatic nitrogens is 1. The highest BCUT2D eigenvalue weighted by Crippen LogP contribution is 2.18. The molecule has 7 heteroatoms. The summed E-state index contributed by atoms with van der Waals surface area (Å²) in [5.41, 5.74) is -0.218. The minimum atomic E-state index is -1.14. The van der Waals surface area contributed by atoms with E-state index in [1.807, 2.05) is 0 Å². The number of aromatic carboxylic acids is 1. The van der Waals surface area contributed by atoms with Crippen molar-refractivity contribution < 1.29 is 19.8 Å². The van der Waals surface area contributed by atoms with Gasteiger partial charge in [-0.05, 0) is 33.8 Å². The first-order valence-corrected chi connectivity index (χ1v) is 6.35. The van der Waals surface area contributed by atoms with Crippen LogP contribution in [0.3, 0.4) is 0 Å². The molecule has 4 N–H and O–H groups in total. The SMILES string of the molecule is CCN(CC(C)(C)O)C(=O)Nc1cc(C)[nH]c1C(=O)O. The Labute approximate surface area is 117 Å². The highest BCUT2D eigenvalue weighted by atomic mass is 16.4. The molecular weight excluding hydrogens is 262 g/mol. The third kappa shape index (κ3) is 4.27. The Morgan fingerprint density at radius 1 is 1.45 bits per heavy atom. The minimum Gasteiger partial charge on any atom is -0.477 e. The van der Waals surface area contributed by atoms with Crippen LogP contribution >= 0.6 is 0 Å². The van der Waals surface area contributed by atoms with E-state index < -0.39 is 17.6 Å². The number of rotatable bonds is 5. The number of hydrogen-bond acceptors (Lipinski definition) is 3. The maximum absolute atomic E-state index is 12.1. The topological polar surface area (TPSA) is 106 Å². The summed E-state index contributed by atoms with van der Waals surface area (Å²) in [6.45, 7) is 7.25. The predicted octanol–water partition coefficient (Wildman–Crippen LogP) is 1.65. The summed E-state index contributed by atoms with van der Waals surface area (Å²) >= 11 is 0. The van der Waals surface area contributed by atoms with Crippen LogP contribution < -0.4 is 5.32 Å². The third-order valence-corrected chi connectivity index (χ3v) is 2.65. The number of aromatic amines is 1. The molecule has 0 aromatic carbocycles. The monoisotopic (exact) mass is 283 g/mol. The van der Waals surface area contributed by atoms with E-state index in [0.717, 1.165) is 0 Å². The van der Waals surface area contributed by atoms with Crippen LogP contribution in [0, 0.1) is 6.92 Å². The lowest BCUT2D eigenvalue weighted by atomic mass is 10.1. The van der Waals surface area contributed by atoms with Crippen molar-refractivity contribution in [1.82, 2.24) is 9.88 Å². The van der Waals surface area contributed by atoms with E-state index >= 15 is 0 Å². The molecule has 0 aliphatic carbocycles. The number of hydrogen-bond donors (Lipinski definition) is 4. The lowest BCUT2D eigenvalue weighted by Crippen LogP contribution is -2.44. The lowest BCUT2D eigenvalue weighted by molar-refractivity contribution is 0.0500. The van der Waals surface area contributed by atoms with Gasteiger partial charge in [-0.15, -0.1) is 0 Å². The first kappa shape index (κ1) is 16.0.